The number of nitrogens with one attached hydrogen (secondary N) is 2. The lowest BCUT2D eigenvalue weighted by atomic mass is 10.1. The number of likely N-dealkylation sites (tertiary alicyclic amines) is 1. The number of benzene rings is 1. The van der Waals surface area contributed by atoms with E-state index in [4.69, 9.17) is 4.74 Å². The lowest BCUT2D eigenvalue weighted by molar-refractivity contribution is -0.121. The summed E-state index contributed by atoms with van der Waals surface area (Å²) in [6.07, 6.45) is 2.16. The molecule has 144 valence electrons. The third-order valence-corrected chi connectivity index (χ3v) is 4.20. The zero-order valence-electron chi connectivity index (χ0n) is 16.1. The topological polar surface area (TPSA) is 70.7 Å². The SMILES string of the molecule is CC(C)(C)OC(=O)NCCC(=O)NC(CN1CCCC1)c1ccccc1. The van der Waals surface area contributed by atoms with Crippen LogP contribution in [0.4, 0.5) is 4.79 Å². The predicted molar refractivity (Wildman–Crippen MR) is 102 cm³/mol. The zero-order chi connectivity index (χ0) is 19.0. The van der Waals surface area contributed by atoms with Crippen molar-refractivity contribution in [3.8, 4) is 0 Å². The van der Waals surface area contributed by atoms with Gasteiger partial charge in [-0.05, 0) is 52.3 Å². The first-order valence-corrected chi connectivity index (χ1v) is 9.37. The van der Waals surface area contributed by atoms with Crippen LogP contribution in [0.15, 0.2) is 30.3 Å². The molecule has 1 saturated heterocycles. The average molecular weight is 361 g/mol. The summed E-state index contributed by atoms with van der Waals surface area (Å²) in [6.45, 7) is 8.66. The van der Waals surface area contributed by atoms with Gasteiger partial charge in [-0.15, -0.1) is 0 Å². The molecule has 1 heterocycles. The molecule has 0 saturated carbocycles. The van der Waals surface area contributed by atoms with Crippen molar-refractivity contribution in [3.63, 3.8) is 0 Å². The highest BCUT2D eigenvalue weighted by Gasteiger charge is 2.21. The number of alkyl carbamates (subject to hydrolysis) is 1. The molecule has 1 aromatic rings. The van der Waals surface area contributed by atoms with Crippen LogP contribution < -0.4 is 10.6 Å². The Morgan fingerprint density at radius 3 is 2.42 bits per heavy atom. The highest BCUT2D eigenvalue weighted by molar-refractivity contribution is 5.77. The molecule has 2 N–H and O–H groups in total. The van der Waals surface area contributed by atoms with E-state index in [0.717, 1.165) is 25.2 Å². The molecule has 2 amide bonds. The number of carbonyl (C=O) groups excluding carboxylic acids is 2. The minimum atomic E-state index is -0.541. The predicted octanol–water partition coefficient (Wildman–Crippen LogP) is 2.85. The number of hydrogen-bond acceptors (Lipinski definition) is 4. The van der Waals surface area contributed by atoms with Crippen LogP contribution in [-0.2, 0) is 9.53 Å². The highest BCUT2D eigenvalue weighted by Crippen LogP contribution is 2.17. The average Bonchev–Trinajstić information content (AvgIpc) is 3.06. The summed E-state index contributed by atoms with van der Waals surface area (Å²) < 4.78 is 5.17. The van der Waals surface area contributed by atoms with Crippen molar-refractivity contribution in [2.45, 2.75) is 51.7 Å². The van der Waals surface area contributed by atoms with Crippen molar-refractivity contribution in [2.75, 3.05) is 26.2 Å². The van der Waals surface area contributed by atoms with Gasteiger partial charge in [-0.1, -0.05) is 30.3 Å². The van der Waals surface area contributed by atoms with Crippen LogP contribution in [0.1, 0.15) is 51.6 Å². The molecular weight excluding hydrogens is 330 g/mol. The molecular formula is C20H31N3O3. The quantitative estimate of drug-likeness (QED) is 0.783. The Labute approximate surface area is 156 Å². The van der Waals surface area contributed by atoms with E-state index in [2.05, 4.69) is 15.5 Å². The maximum atomic E-state index is 12.3. The number of ether oxygens (including phenoxy) is 1. The van der Waals surface area contributed by atoms with Crippen molar-refractivity contribution in [1.29, 1.82) is 0 Å². The summed E-state index contributed by atoms with van der Waals surface area (Å²) in [7, 11) is 0. The molecule has 1 aliphatic rings. The van der Waals surface area contributed by atoms with Crippen LogP contribution in [0, 0.1) is 0 Å². The summed E-state index contributed by atoms with van der Waals surface area (Å²) in [5, 5.41) is 5.73. The van der Waals surface area contributed by atoms with Crippen LogP contribution in [0.2, 0.25) is 0 Å². The zero-order valence-corrected chi connectivity index (χ0v) is 16.1. The number of carbonyl (C=O) groups is 2. The summed E-state index contributed by atoms with van der Waals surface area (Å²) in [5.41, 5.74) is 0.563. The summed E-state index contributed by atoms with van der Waals surface area (Å²) in [5.74, 6) is -0.0749. The first kappa shape index (κ1) is 20.2. The van der Waals surface area contributed by atoms with Crippen molar-refractivity contribution in [3.05, 3.63) is 35.9 Å². The van der Waals surface area contributed by atoms with Crippen LogP contribution in [0.5, 0.6) is 0 Å². The van der Waals surface area contributed by atoms with Gasteiger partial charge in [0, 0.05) is 19.5 Å². The van der Waals surface area contributed by atoms with E-state index in [9.17, 15) is 9.59 Å². The molecule has 1 fully saturated rings. The lowest BCUT2D eigenvalue weighted by Gasteiger charge is -2.25. The first-order chi connectivity index (χ1) is 12.3. The third-order valence-electron chi connectivity index (χ3n) is 4.20. The normalized spacial score (nSPS) is 16.1. The second kappa shape index (κ2) is 9.57. The van der Waals surface area contributed by atoms with Gasteiger partial charge in [-0.25, -0.2) is 4.79 Å². The van der Waals surface area contributed by atoms with Gasteiger partial charge < -0.3 is 20.3 Å². The Kier molecular flexibility index (Phi) is 7.45. The molecule has 6 heteroatoms. The van der Waals surface area contributed by atoms with Gasteiger partial charge >= 0.3 is 6.09 Å². The van der Waals surface area contributed by atoms with E-state index in [1.165, 1.54) is 12.8 Å². The Hall–Kier alpha value is -2.08. The van der Waals surface area contributed by atoms with Crippen LogP contribution in [0.3, 0.4) is 0 Å². The third kappa shape index (κ3) is 7.44. The van der Waals surface area contributed by atoms with Gasteiger partial charge in [0.1, 0.15) is 5.60 Å². The Bertz CT molecular complexity index is 578. The van der Waals surface area contributed by atoms with Crippen LogP contribution >= 0.6 is 0 Å². The molecule has 0 radical (unpaired) electrons. The van der Waals surface area contributed by atoms with E-state index in [1.807, 2.05) is 51.1 Å². The standard InChI is InChI=1S/C20H31N3O3/c1-20(2,3)26-19(25)21-12-11-18(24)22-17(15-23-13-7-8-14-23)16-9-5-4-6-10-16/h4-6,9-10,17H,7-8,11-15H2,1-3H3,(H,21,25)(H,22,24). The Morgan fingerprint density at radius 1 is 1.15 bits per heavy atom. The number of nitrogens with zero attached hydrogens (tertiary/aromatic N) is 1. The van der Waals surface area contributed by atoms with Crippen molar-refractivity contribution < 1.29 is 14.3 Å². The number of hydrogen-bond donors (Lipinski definition) is 2. The fourth-order valence-electron chi connectivity index (χ4n) is 3.00. The van der Waals surface area contributed by atoms with E-state index in [1.54, 1.807) is 0 Å². The Balaban J connectivity index is 1.82. The summed E-state index contributed by atoms with van der Waals surface area (Å²) >= 11 is 0. The molecule has 26 heavy (non-hydrogen) atoms. The first-order valence-electron chi connectivity index (χ1n) is 9.37. The van der Waals surface area contributed by atoms with Crippen LogP contribution in [-0.4, -0.2) is 48.7 Å². The van der Waals surface area contributed by atoms with Crippen molar-refractivity contribution in [1.82, 2.24) is 15.5 Å². The van der Waals surface area contributed by atoms with Gasteiger partial charge in [-0.3, -0.25) is 4.79 Å². The maximum absolute atomic E-state index is 12.3. The second-order valence-electron chi connectivity index (χ2n) is 7.72. The number of rotatable bonds is 7. The van der Waals surface area contributed by atoms with E-state index in [0.29, 0.717) is 0 Å². The van der Waals surface area contributed by atoms with Gasteiger partial charge in [0.15, 0.2) is 0 Å². The molecule has 6 nitrogen and oxygen atoms in total. The molecule has 2 rings (SSSR count). The largest absolute Gasteiger partial charge is 0.444 e. The highest BCUT2D eigenvalue weighted by atomic mass is 16.6. The van der Waals surface area contributed by atoms with Gasteiger partial charge in [0.2, 0.25) is 5.91 Å². The molecule has 1 aromatic carbocycles. The van der Waals surface area contributed by atoms with Crippen molar-refractivity contribution in [2.24, 2.45) is 0 Å². The van der Waals surface area contributed by atoms with Gasteiger partial charge in [0.05, 0.1) is 6.04 Å². The monoisotopic (exact) mass is 361 g/mol. The molecule has 0 aliphatic carbocycles. The Morgan fingerprint density at radius 2 is 1.81 bits per heavy atom. The fraction of sp³-hybridized carbons (Fsp3) is 0.600. The summed E-state index contributed by atoms with van der Waals surface area (Å²) in [6, 6.07) is 10.00. The summed E-state index contributed by atoms with van der Waals surface area (Å²) in [4.78, 5) is 26.4. The van der Waals surface area contributed by atoms with Crippen LogP contribution in [0.25, 0.3) is 0 Å². The van der Waals surface area contributed by atoms with Gasteiger partial charge in [-0.2, -0.15) is 0 Å². The smallest absolute Gasteiger partial charge is 0.407 e. The molecule has 0 bridgehead atoms. The maximum Gasteiger partial charge on any atom is 0.407 e. The lowest BCUT2D eigenvalue weighted by Crippen LogP contribution is -2.39. The molecule has 1 aliphatic heterocycles. The molecule has 1 unspecified atom stereocenters. The van der Waals surface area contributed by atoms with E-state index in [-0.39, 0.29) is 24.9 Å². The molecule has 0 aromatic heterocycles. The van der Waals surface area contributed by atoms with Crippen molar-refractivity contribution >= 4 is 12.0 Å². The minimum Gasteiger partial charge on any atom is -0.444 e. The van der Waals surface area contributed by atoms with Gasteiger partial charge in [0.25, 0.3) is 0 Å². The fourth-order valence-corrected chi connectivity index (χ4v) is 3.00. The second-order valence-corrected chi connectivity index (χ2v) is 7.72. The number of amides is 2. The van der Waals surface area contributed by atoms with E-state index >= 15 is 0 Å². The van der Waals surface area contributed by atoms with E-state index < -0.39 is 11.7 Å². The molecule has 1 atom stereocenters. The minimum absolute atomic E-state index is 0.0386. The molecule has 0 spiro atoms.